The summed E-state index contributed by atoms with van der Waals surface area (Å²) in [6, 6.07) is 0.706. The Labute approximate surface area is 81.7 Å². The number of hydrogen-bond acceptors (Lipinski definition) is 2. The fourth-order valence-electron chi connectivity index (χ4n) is 1.83. The number of likely N-dealkylation sites (N-methyl/N-ethyl adjacent to an activating group) is 1. The molecule has 0 radical (unpaired) electrons. The van der Waals surface area contributed by atoms with Crippen LogP contribution in [0, 0.1) is 12.3 Å². The zero-order chi connectivity index (χ0) is 9.52. The van der Waals surface area contributed by atoms with E-state index < -0.39 is 0 Å². The van der Waals surface area contributed by atoms with Crippen molar-refractivity contribution in [2.75, 3.05) is 26.2 Å². The van der Waals surface area contributed by atoms with Crippen molar-refractivity contribution in [1.82, 2.24) is 10.2 Å². The van der Waals surface area contributed by atoms with E-state index in [1.807, 2.05) is 0 Å². The Kier molecular flexibility index (Phi) is 4.88. The molecule has 1 saturated heterocycles. The van der Waals surface area contributed by atoms with Gasteiger partial charge in [0.15, 0.2) is 0 Å². The maximum Gasteiger partial charge on any atom is 0.0214 e. The molecule has 13 heavy (non-hydrogen) atoms. The number of hydrogen-bond donors (Lipinski definition) is 1. The Morgan fingerprint density at radius 1 is 1.62 bits per heavy atom. The Bertz CT molecular complexity index is 165. The van der Waals surface area contributed by atoms with Crippen molar-refractivity contribution < 1.29 is 0 Å². The van der Waals surface area contributed by atoms with Crippen molar-refractivity contribution in [2.45, 2.75) is 32.2 Å². The largest absolute Gasteiger partial charge is 0.313 e. The lowest BCUT2D eigenvalue weighted by molar-refractivity contribution is 0.267. The number of nitrogens with one attached hydrogen (secondary N) is 1. The normalized spacial score (nSPS) is 22.1. The van der Waals surface area contributed by atoms with Crippen LogP contribution >= 0.6 is 0 Å². The zero-order valence-electron chi connectivity index (χ0n) is 8.55. The van der Waals surface area contributed by atoms with Gasteiger partial charge in [-0.05, 0) is 25.9 Å². The van der Waals surface area contributed by atoms with Gasteiger partial charge in [0.25, 0.3) is 0 Å². The second-order valence-electron chi connectivity index (χ2n) is 3.64. The minimum atomic E-state index is 0.706. The topological polar surface area (TPSA) is 15.3 Å². The highest BCUT2D eigenvalue weighted by Crippen LogP contribution is 2.06. The van der Waals surface area contributed by atoms with E-state index in [9.17, 15) is 0 Å². The van der Waals surface area contributed by atoms with Crippen LogP contribution in [0.25, 0.3) is 0 Å². The lowest BCUT2D eigenvalue weighted by atomic mass is 10.2. The SMILES string of the molecule is C#CCCN(CC)CC1CCCN1. The highest BCUT2D eigenvalue weighted by molar-refractivity contribution is 4.85. The Balaban J connectivity index is 2.18. The molecule has 1 atom stereocenters. The molecule has 1 unspecified atom stereocenters. The van der Waals surface area contributed by atoms with Crippen LogP contribution in [-0.4, -0.2) is 37.1 Å². The molecule has 74 valence electrons. The number of rotatable bonds is 5. The molecule has 2 nitrogen and oxygen atoms in total. The van der Waals surface area contributed by atoms with Gasteiger partial charge in [-0.25, -0.2) is 0 Å². The summed E-state index contributed by atoms with van der Waals surface area (Å²) in [5.41, 5.74) is 0. The predicted molar refractivity (Wildman–Crippen MR) is 56.6 cm³/mol. The summed E-state index contributed by atoms with van der Waals surface area (Å²) in [6.45, 7) is 6.71. The van der Waals surface area contributed by atoms with Gasteiger partial charge < -0.3 is 10.2 Å². The lowest BCUT2D eigenvalue weighted by Gasteiger charge is -2.23. The van der Waals surface area contributed by atoms with E-state index in [4.69, 9.17) is 6.42 Å². The van der Waals surface area contributed by atoms with Gasteiger partial charge in [-0.1, -0.05) is 6.92 Å². The predicted octanol–water partition coefficient (Wildman–Crippen LogP) is 1.08. The van der Waals surface area contributed by atoms with Gasteiger partial charge in [-0.2, -0.15) is 0 Å². The van der Waals surface area contributed by atoms with Gasteiger partial charge in [0, 0.05) is 25.6 Å². The van der Waals surface area contributed by atoms with Crippen LogP contribution in [0.15, 0.2) is 0 Å². The van der Waals surface area contributed by atoms with Crippen LogP contribution < -0.4 is 5.32 Å². The lowest BCUT2D eigenvalue weighted by Crippen LogP contribution is -2.37. The van der Waals surface area contributed by atoms with Gasteiger partial charge in [-0.15, -0.1) is 12.3 Å². The summed E-state index contributed by atoms with van der Waals surface area (Å²) in [6.07, 6.45) is 8.78. The summed E-state index contributed by atoms with van der Waals surface area (Å²) in [4.78, 5) is 2.43. The molecule has 1 heterocycles. The van der Waals surface area contributed by atoms with Gasteiger partial charge in [-0.3, -0.25) is 0 Å². The summed E-state index contributed by atoms with van der Waals surface area (Å²) < 4.78 is 0. The van der Waals surface area contributed by atoms with Crippen LogP contribution in [0.3, 0.4) is 0 Å². The van der Waals surface area contributed by atoms with Crippen LogP contribution in [0.1, 0.15) is 26.2 Å². The van der Waals surface area contributed by atoms with Crippen molar-refractivity contribution in [3.05, 3.63) is 0 Å². The zero-order valence-corrected chi connectivity index (χ0v) is 8.55. The van der Waals surface area contributed by atoms with E-state index in [1.54, 1.807) is 0 Å². The third kappa shape index (κ3) is 3.80. The molecule has 0 spiro atoms. The maximum atomic E-state index is 5.25. The van der Waals surface area contributed by atoms with E-state index in [2.05, 4.69) is 23.1 Å². The highest BCUT2D eigenvalue weighted by Gasteiger charge is 2.16. The van der Waals surface area contributed by atoms with Crippen molar-refractivity contribution in [3.8, 4) is 12.3 Å². The summed E-state index contributed by atoms with van der Waals surface area (Å²) in [5.74, 6) is 2.70. The first-order chi connectivity index (χ1) is 6.36. The van der Waals surface area contributed by atoms with Crippen molar-refractivity contribution in [3.63, 3.8) is 0 Å². The van der Waals surface area contributed by atoms with Crippen molar-refractivity contribution in [1.29, 1.82) is 0 Å². The second kappa shape index (κ2) is 6.01. The third-order valence-electron chi connectivity index (χ3n) is 2.66. The monoisotopic (exact) mass is 180 g/mol. The second-order valence-corrected chi connectivity index (χ2v) is 3.64. The molecule has 1 rings (SSSR count). The third-order valence-corrected chi connectivity index (χ3v) is 2.66. The fraction of sp³-hybridized carbons (Fsp3) is 0.818. The molecule has 1 aliphatic rings. The summed E-state index contributed by atoms with van der Waals surface area (Å²) in [7, 11) is 0. The fourth-order valence-corrected chi connectivity index (χ4v) is 1.83. The molecular weight excluding hydrogens is 160 g/mol. The smallest absolute Gasteiger partial charge is 0.0214 e. The molecule has 1 N–H and O–H groups in total. The minimum Gasteiger partial charge on any atom is -0.313 e. The molecule has 0 aromatic heterocycles. The van der Waals surface area contributed by atoms with Crippen LogP contribution in [0.4, 0.5) is 0 Å². The Morgan fingerprint density at radius 3 is 3.00 bits per heavy atom. The maximum absolute atomic E-state index is 5.25. The quantitative estimate of drug-likeness (QED) is 0.637. The highest BCUT2D eigenvalue weighted by atomic mass is 15.1. The van der Waals surface area contributed by atoms with Gasteiger partial charge >= 0.3 is 0 Å². The molecular formula is C11H20N2. The van der Waals surface area contributed by atoms with Crippen molar-refractivity contribution in [2.24, 2.45) is 0 Å². The molecule has 1 aliphatic heterocycles. The van der Waals surface area contributed by atoms with Crippen LogP contribution in [0.2, 0.25) is 0 Å². The summed E-state index contributed by atoms with van der Waals surface area (Å²) in [5, 5.41) is 3.50. The average molecular weight is 180 g/mol. The number of nitrogens with zero attached hydrogens (tertiary/aromatic N) is 1. The van der Waals surface area contributed by atoms with E-state index in [0.717, 1.165) is 26.1 Å². The van der Waals surface area contributed by atoms with Crippen LogP contribution in [-0.2, 0) is 0 Å². The Hall–Kier alpha value is -0.520. The van der Waals surface area contributed by atoms with E-state index in [-0.39, 0.29) is 0 Å². The minimum absolute atomic E-state index is 0.706. The van der Waals surface area contributed by atoms with Gasteiger partial charge in [0.2, 0.25) is 0 Å². The molecule has 0 bridgehead atoms. The molecule has 0 saturated carbocycles. The van der Waals surface area contributed by atoms with E-state index >= 15 is 0 Å². The van der Waals surface area contributed by atoms with E-state index in [0.29, 0.717) is 6.04 Å². The first-order valence-electron chi connectivity index (χ1n) is 5.26. The van der Waals surface area contributed by atoms with Crippen molar-refractivity contribution >= 4 is 0 Å². The van der Waals surface area contributed by atoms with Crippen LogP contribution in [0.5, 0.6) is 0 Å². The molecule has 0 aromatic carbocycles. The molecule has 2 heteroatoms. The van der Waals surface area contributed by atoms with E-state index in [1.165, 1.54) is 19.4 Å². The van der Waals surface area contributed by atoms with Gasteiger partial charge in [0.05, 0.1) is 0 Å². The first kappa shape index (κ1) is 10.6. The molecule has 0 aliphatic carbocycles. The Morgan fingerprint density at radius 2 is 2.46 bits per heavy atom. The average Bonchev–Trinajstić information content (AvgIpc) is 2.64. The standard InChI is InChI=1S/C11H20N2/c1-3-5-9-13(4-2)10-11-7-6-8-12-11/h1,11-12H,4-10H2,2H3. The molecule has 1 fully saturated rings. The molecule has 0 amide bonds. The first-order valence-corrected chi connectivity index (χ1v) is 5.26. The summed E-state index contributed by atoms with van der Waals surface area (Å²) >= 11 is 0. The molecule has 0 aromatic rings. The van der Waals surface area contributed by atoms with Gasteiger partial charge in [0.1, 0.15) is 0 Å². The number of terminal acetylenes is 1.